The molecule has 1 amide bonds. The molecule has 10 heteroatoms. The summed E-state index contributed by atoms with van der Waals surface area (Å²) in [5, 5.41) is 12.4. The van der Waals surface area contributed by atoms with Crippen LogP contribution in [0.15, 0.2) is 36.5 Å². The molecule has 2 aromatic carbocycles. The summed E-state index contributed by atoms with van der Waals surface area (Å²) in [6.07, 6.45) is 0.755. The lowest BCUT2D eigenvalue weighted by Crippen LogP contribution is -2.43. The van der Waals surface area contributed by atoms with Gasteiger partial charge in [-0.1, -0.05) is 6.07 Å². The maximum atomic E-state index is 12.4. The first-order valence-electron chi connectivity index (χ1n) is 10.0. The first-order valence-corrected chi connectivity index (χ1v) is 10.8. The van der Waals surface area contributed by atoms with Crippen molar-refractivity contribution in [3.05, 3.63) is 36.5 Å². The SMILES string of the molecule is COc1ccc(-c2cnsc2-c2cc(OC)c(OC)c(OC)c2)cc1NC(=O)[C@H](N)C(C)O. The third-order valence-corrected chi connectivity index (χ3v) is 5.94. The number of hydrogen-bond acceptors (Lipinski definition) is 9. The van der Waals surface area contributed by atoms with Crippen LogP contribution in [0.1, 0.15) is 6.92 Å². The Morgan fingerprint density at radius 2 is 1.64 bits per heavy atom. The fourth-order valence-corrected chi connectivity index (χ4v) is 4.03. The van der Waals surface area contributed by atoms with Crippen molar-refractivity contribution in [2.24, 2.45) is 5.73 Å². The number of benzene rings is 2. The van der Waals surface area contributed by atoms with E-state index in [1.807, 2.05) is 18.2 Å². The number of methoxy groups -OCH3 is 4. The van der Waals surface area contributed by atoms with E-state index in [1.54, 1.807) is 39.7 Å². The molecule has 4 N–H and O–H groups in total. The summed E-state index contributed by atoms with van der Waals surface area (Å²) in [5.41, 5.74) is 8.67. The summed E-state index contributed by atoms with van der Waals surface area (Å²) < 4.78 is 26.1. The minimum atomic E-state index is -1.07. The molecule has 0 aliphatic rings. The lowest BCUT2D eigenvalue weighted by atomic mass is 10.0. The number of hydrogen-bond donors (Lipinski definition) is 3. The summed E-state index contributed by atoms with van der Waals surface area (Å²) in [7, 11) is 6.18. The number of rotatable bonds is 9. The molecule has 0 fully saturated rings. The fraction of sp³-hybridized carbons (Fsp3) is 0.304. The number of nitrogens with two attached hydrogens (primary N) is 1. The predicted molar refractivity (Wildman–Crippen MR) is 127 cm³/mol. The van der Waals surface area contributed by atoms with Crippen LogP contribution >= 0.6 is 11.5 Å². The van der Waals surface area contributed by atoms with Gasteiger partial charge in [-0.05, 0) is 48.3 Å². The number of nitrogens with zero attached hydrogens (tertiary/aromatic N) is 1. The zero-order chi connectivity index (χ0) is 24.1. The third-order valence-electron chi connectivity index (χ3n) is 5.09. The lowest BCUT2D eigenvalue weighted by molar-refractivity contribution is -0.119. The molecule has 3 rings (SSSR count). The topological polar surface area (TPSA) is 125 Å². The highest BCUT2D eigenvalue weighted by Crippen LogP contribution is 2.45. The minimum Gasteiger partial charge on any atom is -0.495 e. The smallest absolute Gasteiger partial charge is 0.244 e. The van der Waals surface area contributed by atoms with Crippen LogP contribution < -0.4 is 30.0 Å². The molecule has 176 valence electrons. The summed E-state index contributed by atoms with van der Waals surface area (Å²) >= 11 is 1.31. The highest BCUT2D eigenvalue weighted by Gasteiger charge is 2.22. The van der Waals surface area contributed by atoms with Gasteiger partial charge in [-0.3, -0.25) is 4.79 Å². The van der Waals surface area contributed by atoms with E-state index in [4.69, 9.17) is 24.7 Å². The van der Waals surface area contributed by atoms with Gasteiger partial charge >= 0.3 is 0 Å². The van der Waals surface area contributed by atoms with Crippen LogP contribution in [0.4, 0.5) is 5.69 Å². The largest absolute Gasteiger partial charge is 0.495 e. The van der Waals surface area contributed by atoms with Gasteiger partial charge in [0, 0.05) is 17.3 Å². The fourth-order valence-electron chi connectivity index (χ4n) is 3.27. The summed E-state index contributed by atoms with van der Waals surface area (Å²) in [5.74, 6) is 1.50. The van der Waals surface area contributed by atoms with Crippen LogP contribution in [-0.4, -0.2) is 56.0 Å². The summed E-state index contributed by atoms with van der Waals surface area (Å²) in [6.45, 7) is 1.46. The Hall–Kier alpha value is -3.34. The normalized spacial score (nSPS) is 12.6. The van der Waals surface area contributed by atoms with E-state index in [9.17, 15) is 9.90 Å². The quantitative estimate of drug-likeness (QED) is 0.433. The third kappa shape index (κ3) is 5.03. The molecular weight excluding hydrogens is 446 g/mol. The van der Waals surface area contributed by atoms with Crippen molar-refractivity contribution in [2.45, 2.75) is 19.1 Å². The molecule has 9 nitrogen and oxygen atoms in total. The van der Waals surface area contributed by atoms with E-state index in [0.717, 1.165) is 21.6 Å². The highest BCUT2D eigenvalue weighted by molar-refractivity contribution is 7.10. The van der Waals surface area contributed by atoms with Gasteiger partial charge in [0.15, 0.2) is 11.5 Å². The Balaban J connectivity index is 2.06. The first kappa shape index (κ1) is 24.3. The van der Waals surface area contributed by atoms with Crippen molar-refractivity contribution < 1.29 is 28.8 Å². The minimum absolute atomic E-state index is 0.429. The number of aliphatic hydroxyl groups is 1. The monoisotopic (exact) mass is 473 g/mol. The highest BCUT2D eigenvalue weighted by atomic mass is 32.1. The van der Waals surface area contributed by atoms with Crippen molar-refractivity contribution in [3.8, 4) is 44.6 Å². The molecule has 0 saturated carbocycles. The number of nitrogens with one attached hydrogen (secondary N) is 1. The number of aromatic nitrogens is 1. The van der Waals surface area contributed by atoms with Crippen molar-refractivity contribution in [1.82, 2.24) is 4.37 Å². The van der Waals surface area contributed by atoms with Gasteiger partial charge < -0.3 is 35.1 Å². The van der Waals surface area contributed by atoms with Crippen molar-refractivity contribution >= 4 is 23.1 Å². The summed E-state index contributed by atoms with van der Waals surface area (Å²) in [6, 6.07) is 8.02. The Bertz CT molecular complexity index is 1110. The molecule has 0 spiro atoms. The number of carbonyl (C=O) groups excluding carboxylic acids is 1. The predicted octanol–water partition coefficient (Wildman–Crippen LogP) is 3.16. The second-order valence-electron chi connectivity index (χ2n) is 7.15. The number of amides is 1. The maximum absolute atomic E-state index is 12.4. The molecule has 3 aromatic rings. The van der Waals surface area contributed by atoms with Crippen LogP contribution in [0.25, 0.3) is 21.6 Å². The van der Waals surface area contributed by atoms with Gasteiger partial charge in [0.2, 0.25) is 11.7 Å². The number of carbonyl (C=O) groups is 1. The summed E-state index contributed by atoms with van der Waals surface area (Å²) in [4.78, 5) is 13.3. The molecular formula is C23H27N3O6S. The van der Waals surface area contributed by atoms with E-state index in [0.29, 0.717) is 28.7 Å². The van der Waals surface area contributed by atoms with Crippen LogP contribution in [0.2, 0.25) is 0 Å². The number of anilines is 1. The molecule has 1 heterocycles. The number of ether oxygens (including phenoxy) is 4. The molecule has 0 bridgehead atoms. The molecule has 2 atom stereocenters. The molecule has 1 aromatic heterocycles. The van der Waals surface area contributed by atoms with Crippen molar-refractivity contribution in [3.63, 3.8) is 0 Å². The van der Waals surface area contributed by atoms with Crippen molar-refractivity contribution in [2.75, 3.05) is 33.8 Å². The zero-order valence-corrected chi connectivity index (χ0v) is 19.9. The Labute approximate surface area is 196 Å². The molecule has 1 unspecified atom stereocenters. The van der Waals surface area contributed by atoms with Gasteiger partial charge in [-0.2, -0.15) is 4.37 Å². The van der Waals surface area contributed by atoms with Crippen LogP contribution in [0, 0.1) is 0 Å². The van der Waals surface area contributed by atoms with Crippen molar-refractivity contribution in [1.29, 1.82) is 0 Å². The van der Waals surface area contributed by atoms with Crippen LogP contribution in [0.5, 0.6) is 23.0 Å². The van der Waals surface area contributed by atoms with Gasteiger partial charge in [-0.15, -0.1) is 0 Å². The van der Waals surface area contributed by atoms with E-state index in [-0.39, 0.29) is 0 Å². The van der Waals surface area contributed by atoms with E-state index in [2.05, 4.69) is 9.69 Å². The van der Waals surface area contributed by atoms with E-state index in [1.165, 1.54) is 25.6 Å². The van der Waals surface area contributed by atoms with Gasteiger partial charge in [0.1, 0.15) is 11.8 Å². The van der Waals surface area contributed by atoms with Gasteiger partial charge in [0.25, 0.3) is 0 Å². The number of aliphatic hydroxyl groups excluding tert-OH is 1. The van der Waals surface area contributed by atoms with Gasteiger partial charge in [-0.25, -0.2) is 0 Å². The molecule has 0 radical (unpaired) electrons. The first-order chi connectivity index (χ1) is 15.8. The second-order valence-corrected chi connectivity index (χ2v) is 7.95. The lowest BCUT2D eigenvalue weighted by Gasteiger charge is -2.17. The molecule has 0 saturated heterocycles. The molecule has 33 heavy (non-hydrogen) atoms. The standard InChI is InChI=1S/C23H27N3O6S/c1-12(27)20(24)23(28)26-16-8-13(6-7-17(16)29-2)15-11-25-33-22(15)14-9-18(30-3)21(32-5)19(10-14)31-4/h6-12,20,27H,24H2,1-5H3,(H,26,28)/t12?,20-/m1/s1. The van der Waals surface area contributed by atoms with Crippen LogP contribution in [-0.2, 0) is 4.79 Å². The zero-order valence-electron chi connectivity index (χ0n) is 19.0. The van der Waals surface area contributed by atoms with E-state index >= 15 is 0 Å². The average molecular weight is 474 g/mol. The van der Waals surface area contributed by atoms with Crippen LogP contribution in [0.3, 0.4) is 0 Å². The second kappa shape index (κ2) is 10.5. The van der Waals surface area contributed by atoms with E-state index < -0.39 is 18.1 Å². The Morgan fingerprint density at radius 1 is 1.00 bits per heavy atom. The maximum Gasteiger partial charge on any atom is 0.244 e. The molecule has 0 aliphatic carbocycles. The Kier molecular flexibility index (Phi) is 7.75. The molecule has 0 aliphatic heterocycles. The Morgan fingerprint density at radius 3 is 2.18 bits per heavy atom. The average Bonchev–Trinajstić information content (AvgIpc) is 3.32. The van der Waals surface area contributed by atoms with Gasteiger partial charge in [0.05, 0.1) is 45.1 Å².